The summed E-state index contributed by atoms with van der Waals surface area (Å²) in [6.07, 6.45) is 3.94. The molecule has 2 aliphatic heterocycles. The molecule has 0 radical (unpaired) electrons. The lowest BCUT2D eigenvalue weighted by Gasteiger charge is -2.33. The zero-order valence-corrected chi connectivity index (χ0v) is 11.4. The SMILES string of the molecule is CC(Cc1cccs1)NC1CCN2CCC1C2. The first kappa shape index (κ1) is 11.7. The Morgan fingerprint density at radius 1 is 1.47 bits per heavy atom. The maximum absolute atomic E-state index is 3.86. The van der Waals surface area contributed by atoms with Gasteiger partial charge in [-0.25, -0.2) is 0 Å². The first-order chi connectivity index (χ1) is 8.31. The van der Waals surface area contributed by atoms with Crippen LogP contribution in [0.25, 0.3) is 0 Å². The van der Waals surface area contributed by atoms with E-state index in [-0.39, 0.29) is 0 Å². The lowest BCUT2D eigenvalue weighted by molar-refractivity contribution is 0.212. The minimum absolute atomic E-state index is 0.616. The molecule has 17 heavy (non-hydrogen) atoms. The van der Waals surface area contributed by atoms with Crippen LogP contribution >= 0.6 is 11.3 Å². The minimum atomic E-state index is 0.616. The Hall–Kier alpha value is -0.380. The summed E-state index contributed by atoms with van der Waals surface area (Å²) in [7, 11) is 0. The molecular formula is C14H22N2S. The number of rotatable bonds is 4. The zero-order chi connectivity index (χ0) is 11.7. The van der Waals surface area contributed by atoms with Gasteiger partial charge in [0, 0.05) is 23.5 Å². The van der Waals surface area contributed by atoms with Crippen molar-refractivity contribution in [3.63, 3.8) is 0 Å². The van der Waals surface area contributed by atoms with E-state index in [4.69, 9.17) is 0 Å². The van der Waals surface area contributed by atoms with Crippen molar-refractivity contribution < 1.29 is 0 Å². The van der Waals surface area contributed by atoms with Gasteiger partial charge in [-0.15, -0.1) is 11.3 Å². The molecule has 3 heterocycles. The summed E-state index contributed by atoms with van der Waals surface area (Å²) in [5.41, 5.74) is 0. The zero-order valence-electron chi connectivity index (χ0n) is 10.6. The molecule has 0 aliphatic carbocycles. The number of thiophene rings is 1. The number of fused-ring (bicyclic) bond motifs is 2. The van der Waals surface area contributed by atoms with Gasteiger partial charge in [0.1, 0.15) is 0 Å². The average Bonchev–Trinajstić information content (AvgIpc) is 2.93. The van der Waals surface area contributed by atoms with Crippen molar-refractivity contribution >= 4 is 11.3 Å². The summed E-state index contributed by atoms with van der Waals surface area (Å²) >= 11 is 1.88. The maximum Gasteiger partial charge on any atom is 0.0123 e. The number of nitrogens with one attached hydrogen (secondary N) is 1. The molecule has 0 aromatic carbocycles. The van der Waals surface area contributed by atoms with Crippen LogP contribution < -0.4 is 5.32 Å². The predicted molar refractivity (Wildman–Crippen MR) is 73.6 cm³/mol. The lowest BCUT2D eigenvalue weighted by atomic mass is 9.93. The van der Waals surface area contributed by atoms with Gasteiger partial charge in [0.25, 0.3) is 0 Å². The normalized spacial score (nSPS) is 33.8. The Morgan fingerprint density at radius 2 is 2.35 bits per heavy atom. The molecule has 2 aliphatic rings. The molecule has 4 atom stereocenters. The summed E-state index contributed by atoms with van der Waals surface area (Å²) in [5, 5.41) is 6.04. The molecule has 2 bridgehead atoms. The van der Waals surface area contributed by atoms with Crippen LogP contribution in [0.5, 0.6) is 0 Å². The monoisotopic (exact) mass is 250 g/mol. The smallest absolute Gasteiger partial charge is 0.0123 e. The van der Waals surface area contributed by atoms with Crippen molar-refractivity contribution in [1.29, 1.82) is 0 Å². The maximum atomic E-state index is 3.86. The molecule has 94 valence electrons. The summed E-state index contributed by atoms with van der Waals surface area (Å²) in [5.74, 6) is 0.912. The molecule has 1 aromatic heterocycles. The van der Waals surface area contributed by atoms with E-state index < -0.39 is 0 Å². The number of hydrogen-bond donors (Lipinski definition) is 1. The Bertz CT molecular complexity index is 349. The summed E-state index contributed by atoms with van der Waals surface area (Å²) < 4.78 is 0. The second-order valence-electron chi connectivity index (χ2n) is 5.60. The third-order valence-electron chi connectivity index (χ3n) is 4.22. The fourth-order valence-electron chi connectivity index (χ4n) is 3.33. The van der Waals surface area contributed by atoms with E-state index in [1.54, 1.807) is 0 Å². The quantitative estimate of drug-likeness (QED) is 0.882. The van der Waals surface area contributed by atoms with Crippen LogP contribution in [-0.2, 0) is 6.42 Å². The average molecular weight is 250 g/mol. The summed E-state index contributed by atoms with van der Waals surface area (Å²) in [6.45, 7) is 6.31. The summed E-state index contributed by atoms with van der Waals surface area (Å²) in [4.78, 5) is 4.13. The molecular weight excluding hydrogens is 228 g/mol. The van der Waals surface area contributed by atoms with Crippen molar-refractivity contribution in [1.82, 2.24) is 10.2 Å². The Labute approximate surface area is 108 Å². The molecule has 1 N–H and O–H groups in total. The van der Waals surface area contributed by atoms with Gasteiger partial charge >= 0.3 is 0 Å². The van der Waals surface area contributed by atoms with Crippen LogP contribution in [0.3, 0.4) is 0 Å². The molecule has 3 rings (SSSR count). The van der Waals surface area contributed by atoms with Gasteiger partial charge in [0.05, 0.1) is 0 Å². The highest BCUT2D eigenvalue weighted by Gasteiger charge is 2.34. The van der Waals surface area contributed by atoms with Crippen molar-refractivity contribution in [3.8, 4) is 0 Å². The van der Waals surface area contributed by atoms with Gasteiger partial charge in [-0.05, 0) is 56.6 Å². The molecule has 2 nitrogen and oxygen atoms in total. The highest BCUT2D eigenvalue weighted by atomic mass is 32.1. The molecule has 1 aromatic rings. The summed E-state index contributed by atoms with van der Waals surface area (Å²) in [6, 6.07) is 5.79. The fourth-order valence-corrected chi connectivity index (χ4v) is 4.16. The van der Waals surface area contributed by atoms with Gasteiger partial charge in [-0.2, -0.15) is 0 Å². The molecule has 0 amide bonds. The third-order valence-corrected chi connectivity index (χ3v) is 5.12. The van der Waals surface area contributed by atoms with E-state index in [1.165, 1.54) is 43.8 Å². The highest BCUT2D eigenvalue weighted by molar-refractivity contribution is 7.09. The van der Waals surface area contributed by atoms with Crippen molar-refractivity contribution in [3.05, 3.63) is 22.4 Å². The van der Waals surface area contributed by atoms with Crippen molar-refractivity contribution in [2.75, 3.05) is 19.6 Å². The van der Waals surface area contributed by atoms with E-state index in [0.29, 0.717) is 6.04 Å². The van der Waals surface area contributed by atoms with Crippen molar-refractivity contribution in [2.24, 2.45) is 5.92 Å². The van der Waals surface area contributed by atoms with Gasteiger partial charge in [-0.3, -0.25) is 0 Å². The van der Waals surface area contributed by atoms with Crippen LogP contribution in [0.2, 0.25) is 0 Å². The van der Waals surface area contributed by atoms with Gasteiger partial charge in [-0.1, -0.05) is 6.07 Å². The molecule has 2 saturated heterocycles. The topological polar surface area (TPSA) is 15.3 Å². The van der Waals surface area contributed by atoms with Gasteiger partial charge in [0.2, 0.25) is 0 Å². The molecule has 0 saturated carbocycles. The lowest BCUT2D eigenvalue weighted by Crippen LogP contribution is -2.47. The first-order valence-corrected chi connectivity index (χ1v) is 7.70. The Balaban J connectivity index is 1.52. The molecule has 0 spiro atoms. The number of piperidine rings is 1. The Morgan fingerprint density at radius 3 is 3.18 bits per heavy atom. The fraction of sp³-hybridized carbons (Fsp3) is 0.714. The van der Waals surface area contributed by atoms with Crippen LogP contribution in [0.4, 0.5) is 0 Å². The van der Waals surface area contributed by atoms with Crippen LogP contribution in [0.1, 0.15) is 24.6 Å². The largest absolute Gasteiger partial charge is 0.311 e. The van der Waals surface area contributed by atoms with E-state index >= 15 is 0 Å². The number of hydrogen-bond acceptors (Lipinski definition) is 3. The van der Waals surface area contributed by atoms with Crippen LogP contribution in [-0.4, -0.2) is 36.6 Å². The van der Waals surface area contributed by atoms with E-state index in [9.17, 15) is 0 Å². The van der Waals surface area contributed by atoms with E-state index in [1.807, 2.05) is 11.3 Å². The standard InChI is InChI=1S/C14H22N2S/c1-11(9-13-3-2-8-17-13)15-14-5-7-16-6-4-12(14)10-16/h2-3,8,11-12,14-15H,4-7,9-10H2,1H3. The second kappa shape index (κ2) is 5.09. The van der Waals surface area contributed by atoms with Gasteiger partial charge < -0.3 is 10.2 Å². The molecule has 4 unspecified atom stereocenters. The van der Waals surface area contributed by atoms with Gasteiger partial charge in [0.15, 0.2) is 0 Å². The van der Waals surface area contributed by atoms with Crippen LogP contribution in [0.15, 0.2) is 17.5 Å². The van der Waals surface area contributed by atoms with E-state index in [0.717, 1.165) is 12.0 Å². The highest BCUT2D eigenvalue weighted by Crippen LogP contribution is 2.27. The molecule has 2 fully saturated rings. The van der Waals surface area contributed by atoms with Crippen LogP contribution in [0, 0.1) is 5.92 Å². The third kappa shape index (κ3) is 2.72. The minimum Gasteiger partial charge on any atom is -0.311 e. The molecule has 3 heteroatoms. The van der Waals surface area contributed by atoms with E-state index in [2.05, 4.69) is 34.7 Å². The number of nitrogens with zero attached hydrogens (tertiary/aromatic N) is 1. The Kier molecular flexibility index (Phi) is 3.50. The first-order valence-electron chi connectivity index (χ1n) is 6.82. The van der Waals surface area contributed by atoms with Crippen molar-refractivity contribution in [2.45, 2.75) is 38.3 Å². The predicted octanol–water partition coefficient (Wildman–Crippen LogP) is 2.36. The second-order valence-corrected chi connectivity index (χ2v) is 6.63.